The smallest absolute Gasteiger partial charge is 0.339 e. The predicted molar refractivity (Wildman–Crippen MR) is 145 cm³/mol. The lowest BCUT2D eigenvalue weighted by molar-refractivity contribution is 0.0600. The van der Waals surface area contributed by atoms with Crippen LogP contribution < -0.4 is 15.8 Å². The van der Waals surface area contributed by atoms with Gasteiger partial charge in [-0.2, -0.15) is 0 Å². The molecule has 0 bridgehead atoms. The van der Waals surface area contributed by atoms with Crippen LogP contribution >= 0.6 is 0 Å². The Hall–Kier alpha value is -4.56. The van der Waals surface area contributed by atoms with Crippen LogP contribution in [-0.2, 0) is 11.3 Å². The van der Waals surface area contributed by atoms with Crippen LogP contribution in [0.1, 0.15) is 37.5 Å². The Morgan fingerprint density at radius 3 is 2.26 bits per heavy atom. The van der Waals surface area contributed by atoms with E-state index in [1.165, 1.54) is 38.6 Å². The number of carbonyl (C=O) groups is 2. The minimum absolute atomic E-state index is 0.0387. The van der Waals surface area contributed by atoms with Crippen LogP contribution in [0.5, 0.6) is 5.75 Å². The average molecular weight is 514 g/mol. The lowest BCUT2D eigenvalue weighted by Crippen LogP contribution is -2.15. The fourth-order valence-corrected chi connectivity index (χ4v) is 4.40. The van der Waals surface area contributed by atoms with E-state index in [2.05, 4.69) is 15.0 Å². The number of ether oxygens (including phenoxy) is 2. The molecule has 0 fully saturated rings. The summed E-state index contributed by atoms with van der Waals surface area (Å²) in [5.74, 6) is -0.945. The standard InChI is InChI=1S/C30H28FN3O4/c1-17-21(20-13-25(31)24(15-32)28(14-20)37-3)7-5-8-22(17)23-9-6-10-26(18(23)2)34-29(35)27-12-11-19(16-33-27)30(36)38-4/h5-14,16H,15,32H2,1-4H3,(H,34,35). The predicted octanol–water partition coefficient (Wildman–Crippen LogP) is 5.68. The number of hydrogen-bond acceptors (Lipinski definition) is 6. The van der Waals surface area contributed by atoms with Crippen LogP contribution in [0.3, 0.4) is 0 Å². The summed E-state index contributed by atoms with van der Waals surface area (Å²) in [4.78, 5) is 28.6. The molecule has 1 heterocycles. The van der Waals surface area contributed by atoms with Crippen molar-refractivity contribution in [1.82, 2.24) is 4.98 Å². The second-order valence-electron chi connectivity index (χ2n) is 8.68. The van der Waals surface area contributed by atoms with Gasteiger partial charge in [-0.15, -0.1) is 0 Å². The van der Waals surface area contributed by atoms with Gasteiger partial charge in [0.2, 0.25) is 0 Å². The molecule has 7 nitrogen and oxygen atoms in total. The first-order valence-corrected chi connectivity index (χ1v) is 11.9. The van der Waals surface area contributed by atoms with Crippen molar-refractivity contribution in [2.75, 3.05) is 19.5 Å². The van der Waals surface area contributed by atoms with Crippen LogP contribution in [0.2, 0.25) is 0 Å². The topological polar surface area (TPSA) is 104 Å². The summed E-state index contributed by atoms with van der Waals surface area (Å²) in [5.41, 5.74) is 12.3. The molecule has 0 saturated carbocycles. The zero-order chi connectivity index (χ0) is 27.4. The Kier molecular flexibility index (Phi) is 7.83. The van der Waals surface area contributed by atoms with Gasteiger partial charge in [-0.25, -0.2) is 9.18 Å². The molecule has 0 aliphatic rings. The van der Waals surface area contributed by atoms with Crippen LogP contribution in [0.25, 0.3) is 22.3 Å². The Balaban J connectivity index is 1.68. The Morgan fingerprint density at radius 1 is 0.947 bits per heavy atom. The van der Waals surface area contributed by atoms with Gasteiger partial charge in [-0.3, -0.25) is 9.78 Å². The minimum atomic E-state index is -0.526. The number of benzene rings is 3. The molecule has 1 aromatic heterocycles. The second-order valence-corrected chi connectivity index (χ2v) is 8.68. The Bertz CT molecular complexity index is 1520. The van der Waals surface area contributed by atoms with Gasteiger partial charge in [0.1, 0.15) is 17.3 Å². The fraction of sp³-hybridized carbons (Fsp3) is 0.167. The summed E-state index contributed by atoms with van der Waals surface area (Å²) in [6, 6.07) is 17.7. The van der Waals surface area contributed by atoms with Crippen molar-refractivity contribution in [3.05, 3.63) is 101 Å². The molecular formula is C30H28FN3O4. The lowest BCUT2D eigenvalue weighted by atomic mass is 9.90. The van der Waals surface area contributed by atoms with Gasteiger partial charge >= 0.3 is 5.97 Å². The molecule has 0 saturated heterocycles. The van der Waals surface area contributed by atoms with Gasteiger partial charge in [0.25, 0.3) is 5.91 Å². The highest BCUT2D eigenvalue weighted by atomic mass is 19.1. The van der Waals surface area contributed by atoms with E-state index in [4.69, 9.17) is 10.5 Å². The summed E-state index contributed by atoms with van der Waals surface area (Å²) >= 11 is 0. The van der Waals surface area contributed by atoms with Gasteiger partial charge < -0.3 is 20.5 Å². The van der Waals surface area contributed by atoms with Gasteiger partial charge in [0.15, 0.2) is 0 Å². The third-order valence-electron chi connectivity index (χ3n) is 6.51. The first-order valence-electron chi connectivity index (χ1n) is 11.9. The van der Waals surface area contributed by atoms with E-state index >= 15 is 0 Å². The molecule has 0 radical (unpaired) electrons. The van der Waals surface area contributed by atoms with Crippen molar-refractivity contribution in [2.45, 2.75) is 20.4 Å². The zero-order valence-corrected chi connectivity index (χ0v) is 21.6. The monoisotopic (exact) mass is 513 g/mol. The molecule has 0 unspecified atom stereocenters. The molecule has 0 spiro atoms. The van der Waals surface area contributed by atoms with E-state index in [0.717, 1.165) is 27.8 Å². The Labute approximate surface area is 220 Å². The number of carbonyl (C=O) groups excluding carboxylic acids is 2. The van der Waals surface area contributed by atoms with E-state index in [0.29, 0.717) is 22.6 Å². The third-order valence-corrected chi connectivity index (χ3v) is 6.51. The van der Waals surface area contributed by atoms with Crippen molar-refractivity contribution in [3.8, 4) is 28.0 Å². The van der Waals surface area contributed by atoms with Crippen molar-refractivity contribution in [2.24, 2.45) is 5.73 Å². The van der Waals surface area contributed by atoms with E-state index in [9.17, 15) is 14.0 Å². The van der Waals surface area contributed by atoms with Gasteiger partial charge in [0, 0.05) is 24.0 Å². The molecule has 4 aromatic rings. The molecule has 194 valence electrons. The maximum absolute atomic E-state index is 14.8. The number of halogens is 1. The van der Waals surface area contributed by atoms with Gasteiger partial charge in [-0.05, 0) is 77.6 Å². The van der Waals surface area contributed by atoms with Crippen molar-refractivity contribution in [3.63, 3.8) is 0 Å². The fourth-order valence-electron chi connectivity index (χ4n) is 4.40. The minimum Gasteiger partial charge on any atom is -0.496 e. The third kappa shape index (κ3) is 5.12. The summed E-state index contributed by atoms with van der Waals surface area (Å²) in [6.45, 7) is 3.93. The normalized spacial score (nSPS) is 10.7. The van der Waals surface area contributed by atoms with Gasteiger partial charge in [-0.1, -0.05) is 30.3 Å². The molecule has 0 aliphatic heterocycles. The number of nitrogens with one attached hydrogen (secondary N) is 1. The second kappa shape index (κ2) is 11.2. The van der Waals surface area contributed by atoms with E-state index in [-0.39, 0.29) is 17.8 Å². The molecule has 0 atom stereocenters. The number of pyridine rings is 1. The summed E-state index contributed by atoms with van der Waals surface area (Å²) in [6.07, 6.45) is 1.30. The molecule has 1 amide bonds. The van der Waals surface area contributed by atoms with Crippen LogP contribution in [0.4, 0.5) is 10.1 Å². The number of amides is 1. The van der Waals surface area contributed by atoms with Crippen LogP contribution in [-0.4, -0.2) is 31.1 Å². The highest BCUT2D eigenvalue weighted by molar-refractivity contribution is 6.04. The number of anilines is 1. The molecule has 3 N–H and O–H groups in total. The van der Waals surface area contributed by atoms with Crippen molar-refractivity contribution in [1.29, 1.82) is 0 Å². The first kappa shape index (κ1) is 26.5. The van der Waals surface area contributed by atoms with Gasteiger partial charge in [0.05, 0.1) is 19.8 Å². The first-order chi connectivity index (χ1) is 18.3. The molecule has 4 rings (SSSR count). The SMILES string of the molecule is COC(=O)c1ccc(C(=O)Nc2cccc(-c3cccc(-c4cc(F)c(CN)c(OC)c4)c3C)c2C)nc1. The maximum Gasteiger partial charge on any atom is 0.339 e. The number of nitrogens with two attached hydrogens (primary N) is 1. The summed E-state index contributed by atoms with van der Waals surface area (Å²) < 4.78 is 24.8. The lowest BCUT2D eigenvalue weighted by Gasteiger charge is -2.17. The van der Waals surface area contributed by atoms with E-state index < -0.39 is 17.7 Å². The maximum atomic E-state index is 14.8. The number of aromatic nitrogens is 1. The summed E-state index contributed by atoms with van der Waals surface area (Å²) in [7, 11) is 2.77. The molecule has 3 aromatic carbocycles. The highest BCUT2D eigenvalue weighted by Gasteiger charge is 2.17. The molecule has 38 heavy (non-hydrogen) atoms. The quantitative estimate of drug-likeness (QED) is 0.308. The summed E-state index contributed by atoms with van der Waals surface area (Å²) in [5, 5.41) is 2.90. The molecule has 0 aliphatic carbocycles. The van der Waals surface area contributed by atoms with Crippen molar-refractivity contribution >= 4 is 17.6 Å². The number of methoxy groups -OCH3 is 2. The Morgan fingerprint density at radius 2 is 1.63 bits per heavy atom. The van der Waals surface area contributed by atoms with Crippen LogP contribution in [0.15, 0.2) is 66.9 Å². The number of rotatable bonds is 7. The highest BCUT2D eigenvalue weighted by Crippen LogP contribution is 2.37. The van der Waals surface area contributed by atoms with Crippen molar-refractivity contribution < 1.29 is 23.5 Å². The number of esters is 1. The average Bonchev–Trinajstić information content (AvgIpc) is 2.93. The van der Waals surface area contributed by atoms with Crippen LogP contribution in [0, 0.1) is 19.7 Å². The zero-order valence-electron chi connectivity index (χ0n) is 21.6. The largest absolute Gasteiger partial charge is 0.496 e. The number of nitrogens with zero attached hydrogens (tertiary/aromatic N) is 1. The van der Waals surface area contributed by atoms with E-state index in [1.54, 1.807) is 6.07 Å². The molecular weight excluding hydrogens is 485 g/mol. The molecule has 8 heteroatoms. The van der Waals surface area contributed by atoms with E-state index in [1.807, 2.05) is 50.2 Å². The number of hydrogen-bond donors (Lipinski definition) is 2.